The Bertz CT molecular complexity index is 1040. The van der Waals surface area contributed by atoms with Crippen molar-refractivity contribution in [1.29, 1.82) is 0 Å². The molecule has 0 radical (unpaired) electrons. The molecule has 1 aliphatic carbocycles. The lowest BCUT2D eigenvalue weighted by atomic mass is 9.81. The molecule has 0 saturated carbocycles. The van der Waals surface area contributed by atoms with Crippen LogP contribution >= 0.6 is 11.3 Å². The van der Waals surface area contributed by atoms with Gasteiger partial charge in [0, 0.05) is 35.6 Å². The molecule has 4 aliphatic rings. The van der Waals surface area contributed by atoms with Crippen molar-refractivity contribution in [2.45, 2.75) is 57.4 Å². The van der Waals surface area contributed by atoms with Crippen molar-refractivity contribution in [2.75, 3.05) is 29.9 Å². The molecule has 1 N–H and O–H groups in total. The fourth-order valence-corrected chi connectivity index (χ4v) is 7.01. The summed E-state index contributed by atoms with van der Waals surface area (Å²) in [6, 6.07) is 6.74. The third-order valence-electron chi connectivity index (χ3n) is 7.48. The Balaban J connectivity index is 1.25. The maximum atomic E-state index is 13.4. The summed E-state index contributed by atoms with van der Waals surface area (Å²) in [7, 11) is 0. The van der Waals surface area contributed by atoms with Gasteiger partial charge in [0.25, 0.3) is 5.91 Å². The molecule has 2 aromatic rings. The first kappa shape index (κ1) is 18.5. The van der Waals surface area contributed by atoms with E-state index in [1.807, 2.05) is 0 Å². The predicted molar refractivity (Wildman–Crippen MR) is 124 cm³/mol. The lowest BCUT2D eigenvalue weighted by Gasteiger charge is -2.50. The fourth-order valence-electron chi connectivity index (χ4n) is 5.89. The van der Waals surface area contributed by atoms with Crippen LogP contribution in [0.25, 0.3) is 0 Å². The minimum Gasteiger partial charge on any atom is -0.372 e. The fraction of sp³-hybridized carbons (Fsp3) is 0.480. The van der Waals surface area contributed by atoms with Crippen LogP contribution in [0.1, 0.15) is 58.5 Å². The van der Waals surface area contributed by atoms with Gasteiger partial charge in [0.15, 0.2) is 0 Å². The van der Waals surface area contributed by atoms with Crippen molar-refractivity contribution in [3.8, 4) is 0 Å². The van der Waals surface area contributed by atoms with Gasteiger partial charge < -0.3 is 15.1 Å². The molecule has 0 unspecified atom stereocenters. The second-order valence-electron chi connectivity index (χ2n) is 9.31. The summed E-state index contributed by atoms with van der Waals surface area (Å²) >= 11 is 1.80. The van der Waals surface area contributed by atoms with Crippen LogP contribution in [-0.2, 0) is 12.8 Å². The number of piperidine rings is 1. The van der Waals surface area contributed by atoms with Gasteiger partial charge in [-0.15, -0.1) is 11.3 Å². The van der Waals surface area contributed by atoms with E-state index in [4.69, 9.17) is 0 Å². The van der Waals surface area contributed by atoms with Crippen LogP contribution in [0.3, 0.4) is 0 Å². The molecular formula is C25H29N3OS. The number of anilines is 2. The second-order valence-corrected chi connectivity index (χ2v) is 10.3. The van der Waals surface area contributed by atoms with Crippen molar-refractivity contribution < 1.29 is 4.79 Å². The van der Waals surface area contributed by atoms with E-state index in [1.54, 1.807) is 11.3 Å². The quantitative estimate of drug-likeness (QED) is 0.696. The summed E-state index contributed by atoms with van der Waals surface area (Å²) < 4.78 is 0. The Labute approximate surface area is 182 Å². The van der Waals surface area contributed by atoms with Gasteiger partial charge in [0.1, 0.15) is 0 Å². The zero-order valence-electron chi connectivity index (χ0n) is 17.7. The molecule has 1 aromatic carbocycles. The average Bonchev–Trinajstić information content (AvgIpc) is 3.42. The molecule has 5 heteroatoms. The Morgan fingerprint density at radius 3 is 2.83 bits per heavy atom. The lowest BCUT2D eigenvalue weighted by Crippen LogP contribution is -2.56. The third kappa shape index (κ3) is 2.74. The van der Waals surface area contributed by atoms with Crippen molar-refractivity contribution in [2.24, 2.45) is 0 Å². The molecule has 4 heterocycles. The largest absolute Gasteiger partial charge is 0.372 e. The number of likely N-dealkylation sites (tertiary alicyclic amines) is 1. The molecule has 1 amide bonds. The molecule has 3 aliphatic heterocycles. The van der Waals surface area contributed by atoms with Crippen molar-refractivity contribution in [3.05, 3.63) is 56.9 Å². The molecule has 4 nitrogen and oxygen atoms in total. The van der Waals surface area contributed by atoms with E-state index in [2.05, 4.69) is 51.7 Å². The minimum atomic E-state index is -0.0395. The number of thiophene rings is 1. The molecule has 6 rings (SSSR count). The van der Waals surface area contributed by atoms with Gasteiger partial charge in [-0.2, -0.15) is 0 Å². The van der Waals surface area contributed by atoms with Crippen LogP contribution in [0.15, 0.2) is 35.4 Å². The maximum Gasteiger partial charge on any atom is 0.254 e. The molecule has 1 aromatic heterocycles. The first-order valence-electron chi connectivity index (χ1n) is 11.4. The number of nitrogens with zero attached hydrogens (tertiary/aromatic N) is 2. The zero-order valence-corrected chi connectivity index (χ0v) is 18.5. The van der Waals surface area contributed by atoms with Gasteiger partial charge in [0.05, 0.1) is 22.5 Å². The van der Waals surface area contributed by atoms with Gasteiger partial charge in [-0.25, -0.2) is 0 Å². The average molecular weight is 420 g/mol. The normalized spacial score (nSPS) is 21.6. The number of carbonyl (C=O) groups excluding carboxylic acids is 1. The highest BCUT2D eigenvalue weighted by molar-refractivity contribution is 7.10. The maximum absolute atomic E-state index is 13.4. The molecule has 0 bridgehead atoms. The zero-order chi connectivity index (χ0) is 20.3. The summed E-state index contributed by atoms with van der Waals surface area (Å²) in [5.41, 5.74) is 7.57. The van der Waals surface area contributed by atoms with E-state index >= 15 is 0 Å². The number of hydrogen-bond donors (Lipinski definition) is 1. The van der Waals surface area contributed by atoms with Gasteiger partial charge in [-0.05, 0) is 75.1 Å². The van der Waals surface area contributed by atoms with Gasteiger partial charge in [-0.3, -0.25) is 4.79 Å². The highest BCUT2D eigenvalue weighted by Gasteiger charge is 2.46. The van der Waals surface area contributed by atoms with E-state index in [0.29, 0.717) is 0 Å². The molecular weight excluding hydrogens is 390 g/mol. The number of carbonyl (C=O) groups is 1. The molecule has 0 atom stereocenters. The number of fused-ring (bicyclic) bond motifs is 5. The van der Waals surface area contributed by atoms with Crippen molar-refractivity contribution >= 4 is 28.6 Å². The molecule has 1 spiro atoms. The number of hydrogen-bond acceptors (Lipinski definition) is 4. The van der Waals surface area contributed by atoms with E-state index in [9.17, 15) is 4.79 Å². The van der Waals surface area contributed by atoms with Crippen LogP contribution in [-0.4, -0.2) is 36.0 Å². The Hall–Kier alpha value is -2.27. The van der Waals surface area contributed by atoms with Gasteiger partial charge in [-0.1, -0.05) is 12.1 Å². The summed E-state index contributed by atoms with van der Waals surface area (Å²) in [4.78, 5) is 19.4. The number of nitrogens with one attached hydrogen (secondary N) is 1. The van der Waals surface area contributed by atoms with Crippen molar-refractivity contribution in [3.63, 3.8) is 0 Å². The summed E-state index contributed by atoms with van der Waals surface area (Å²) in [6.07, 6.45) is 10.2. The topological polar surface area (TPSA) is 35.6 Å². The monoisotopic (exact) mass is 419 g/mol. The first-order chi connectivity index (χ1) is 14.6. The first-order valence-corrected chi connectivity index (χ1v) is 12.3. The highest BCUT2D eigenvalue weighted by Crippen LogP contribution is 2.47. The molecule has 30 heavy (non-hydrogen) atoms. The standard InChI is InChI=1S/C25H29N3OS/c1-17-8-9-21-20(15-17)26-25(23-7-4-12-28(21)23)10-13-27(14-11-25)24(29)19-16-30-22-6-3-2-5-18(19)22/h7-9,15-16,26H,2-6,10-14H2,1H3. The number of rotatable bonds is 1. The van der Waals surface area contributed by atoms with E-state index in [1.165, 1.54) is 45.9 Å². The number of benzene rings is 1. The number of aryl methyl sites for hydroxylation is 2. The third-order valence-corrected chi connectivity index (χ3v) is 8.57. The highest BCUT2D eigenvalue weighted by atomic mass is 32.1. The minimum absolute atomic E-state index is 0.0395. The molecule has 156 valence electrons. The van der Waals surface area contributed by atoms with Crippen LogP contribution < -0.4 is 10.2 Å². The SMILES string of the molecule is Cc1ccc2c(c1)NC1(CCN(C(=O)c3csc4c3CCCC4)CC1)C1=CCCN12. The van der Waals surface area contributed by atoms with E-state index < -0.39 is 0 Å². The predicted octanol–water partition coefficient (Wildman–Crippen LogP) is 5.13. The van der Waals surface area contributed by atoms with Gasteiger partial charge >= 0.3 is 0 Å². The van der Waals surface area contributed by atoms with Crippen LogP contribution in [0.4, 0.5) is 11.4 Å². The smallest absolute Gasteiger partial charge is 0.254 e. The van der Waals surface area contributed by atoms with Crippen molar-refractivity contribution in [1.82, 2.24) is 4.90 Å². The van der Waals surface area contributed by atoms with Gasteiger partial charge in [0.2, 0.25) is 0 Å². The lowest BCUT2D eigenvalue weighted by molar-refractivity contribution is 0.0694. The summed E-state index contributed by atoms with van der Waals surface area (Å²) in [6.45, 7) is 4.87. The summed E-state index contributed by atoms with van der Waals surface area (Å²) in [5, 5.41) is 6.05. The molecule has 1 saturated heterocycles. The summed E-state index contributed by atoms with van der Waals surface area (Å²) in [5.74, 6) is 0.258. The van der Waals surface area contributed by atoms with Crippen LogP contribution in [0.2, 0.25) is 0 Å². The van der Waals surface area contributed by atoms with E-state index in [-0.39, 0.29) is 11.4 Å². The Kier molecular flexibility index (Phi) is 4.24. The Morgan fingerprint density at radius 2 is 1.97 bits per heavy atom. The molecule has 1 fully saturated rings. The van der Waals surface area contributed by atoms with E-state index in [0.717, 1.165) is 57.3 Å². The second kappa shape index (κ2) is 6.88. The Morgan fingerprint density at radius 1 is 1.13 bits per heavy atom. The van der Waals surface area contributed by atoms with Crippen LogP contribution in [0.5, 0.6) is 0 Å². The van der Waals surface area contributed by atoms with Crippen LogP contribution in [0, 0.1) is 6.92 Å². The number of amides is 1.